The third kappa shape index (κ3) is 3.58. The summed E-state index contributed by atoms with van der Waals surface area (Å²) in [4.78, 5) is 6.75. The van der Waals surface area contributed by atoms with Gasteiger partial charge in [-0.25, -0.2) is 4.39 Å². The molecule has 1 aromatic carbocycles. The van der Waals surface area contributed by atoms with Gasteiger partial charge in [-0.15, -0.1) is 0 Å². The van der Waals surface area contributed by atoms with Crippen molar-refractivity contribution in [2.75, 3.05) is 0 Å². The number of rotatable bonds is 5. The Morgan fingerprint density at radius 1 is 1.09 bits per heavy atom. The van der Waals surface area contributed by atoms with E-state index in [1.165, 1.54) is 6.07 Å². The van der Waals surface area contributed by atoms with Crippen molar-refractivity contribution in [3.8, 4) is 5.69 Å². The standard InChI is InChI=1S/C25H23FN4OS/c1-16-13-21(17(2)30(16)19-8-5-7-18(26)14-19)24-23(22-10-3-4-11-27-22)28-25(32)29(24)15-20-9-6-12-31-20/h3-14,23-24H,15H2,1-2H3,(H,28,32)/t23-,24+/m0/s1. The number of benzene rings is 1. The third-order valence-electron chi connectivity index (χ3n) is 5.96. The molecule has 1 N–H and O–H groups in total. The van der Waals surface area contributed by atoms with Gasteiger partial charge in [-0.05, 0) is 80.2 Å². The number of aromatic nitrogens is 2. The van der Waals surface area contributed by atoms with E-state index in [-0.39, 0.29) is 17.9 Å². The Morgan fingerprint density at radius 3 is 2.69 bits per heavy atom. The second kappa shape index (κ2) is 8.24. The van der Waals surface area contributed by atoms with Crippen molar-refractivity contribution in [3.63, 3.8) is 0 Å². The van der Waals surface area contributed by atoms with Crippen LogP contribution in [0.3, 0.4) is 0 Å². The third-order valence-corrected chi connectivity index (χ3v) is 6.31. The van der Waals surface area contributed by atoms with E-state index in [0.29, 0.717) is 11.7 Å². The fourth-order valence-electron chi connectivity index (χ4n) is 4.58. The van der Waals surface area contributed by atoms with Crippen LogP contribution in [0.1, 0.15) is 40.5 Å². The first-order valence-corrected chi connectivity index (χ1v) is 10.9. The smallest absolute Gasteiger partial charge is 0.170 e. The molecule has 0 amide bonds. The van der Waals surface area contributed by atoms with E-state index < -0.39 is 0 Å². The average molecular weight is 447 g/mol. The number of hydrogen-bond acceptors (Lipinski definition) is 3. The summed E-state index contributed by atoms with van der Waals surface area (Å²) in [6.07, 6.45) is 3.46. The maximum atomic E-state index is 14.0. The lowest BCUT2D eigenvalue weighted by atomic mass is 9.96. The number of halogens is 1. The molecule has 1 aliphatic rings. The van der Waals surface area contributed by atoms with Gasteiger partial charge in [-0.3, -0.25) is 4.98 Å². The minimum atomic E-state index is -0.258. The van der Waals surface area contributed by atoms with E-state index in [4.69, 9.17) is 16.6 Å². The second-order valence-electron chi connectivity index (χ2n) is 7.98. The van der Waals surface area contributed by atoms with Crippen LogP contribution in [0.25, 0.3) is 5.69 Å². The Balaban J connectivity index is 1.63. The van der Waals surface area contributed by atoms with Crippen molar-refractivity contribution in [3.05, 3.63) is 107 Å². The number of hydrogen-bond donors (Lipinski definition) is 1. The molecule has 0 radical (unpaired) electrons. The Morgan fingerprint density at radius 2 is 1.97 bits per heavy atom. The number of aryl methyl sites for hydroxylation is 1. The topological polar surface area (TPSA) is 46.2 Å². The number of furan rings is 1. The van der Waals surface area contributed by atoms with Gasteiger partial charge in [-0.2, -0.15) is 0 Å². The molecule has 0 unspecified atom stereocenters. The van der Waals surface area contributed by atoms with Gasteiger partial charge in [0.25, 0.3) is 0 Å². The van der Waals surface area contributed by atoms with Crippen LogP contribution in [0.15, 0.2) is 77.5 Å². The molecule has 0 spiro atoms. The zero-order chi connectivity index (χ0) is 22.2. The molecule has 1 fully saturated rings. The molecule has 1 saturated heterocycles. The Hall–Kier alpha value is -3.45. The monoisotopic (exact) mass is 446 g/mol. The van der Waals surface area contributed by atoms with E-state index in [1.807, 2.05) is 43.3 Å². The molecule has 3 aromatic heterocycles. The SMILES string of the molecule is Cc1cc([C@@H]2[C@H](c3ccccn3)NC(=S)N2Cc2ccco2)c(C)n1-c1cccc(F)c1. The van der Waals surface area contributed by atoms with Gasteiger partial charge in [0.05, 0.1) is 30.6 Å². The summed E-state index contributed by atoms with van der Waals surface area (Å²) in [6, 6.07) is 18.3. The van der Waals surface area contributed by atoms with Crippen LogP contribution in [0.4, 0.5) is 4.39 Å². The summed E-state index contributed by atoms with van der Waals surface area (Å²) in [5.74, 6) is 0.575. The maximum absolute atomic E-state index is 14.0. The number of pyridine rings is 1. The molecule has 7 heteroatoms. The highest BCUT2D eigenvalue weighted by molar-refractivity contribution is 7.80. The molecule has 5 nitrogen and oxygen atoms in total. The summed E-state index contributed by atoms with van der Waals surface area (Å²) in [7, 11) is 0. The molecule has 4 aromatic rings. The van der Waals surface area contributed by atoms with E-state index in [9.17, 15) is 4.39 Å². The molecular formula is C25H23FN4OS. The van der Waals surface area contributed by atoms with E-state index >= 15 is 0 Å². The molecule has 0 aliphatic carbocycles. The van der Waals surface area contributed by atoms with Gasteiger partial charge in [0.2, 0.25) is 0 Å². The Kier molecular flexibility index (Phi) is 5.27. The van der Waals surface area contributed by atoms with Crippen molar-refractivity contribution in [2.45, 2.75) is 32.5 Å². The quantitative estimate of drug-likeness (QED) is 0.416. The van der Waals surface area contributed by atoms with Crippen LogP contribution in [-0.4, -0.2) is 19.6 Å². The predicted molar refractivity (Wildman–Crippen MR) is 125 cm³/mol. The van der Waals surface area contributed by atoms with E-state index in [0.717, 1.165) is 34.1 Å². The zero-order valence-corrected chi connectivity index (χ0v) is 18.6. The molecule has 2 atom stereocenters. The molecule has 162 valence electrons. The highest BCUT2D eigenvalue weighted by Gasteiger charge is 2.41. The lowest BCUT2D eigenvalue weighted by Gasteiger charge is -2.27. The minimum absolute atomic E-state index is 0.101. The van der Waals surface area contributed by atoms with Gasteiger partial charge >= 0.3 is 0 Å². The Bertz CT molecular complexity index is 1250. The molecule has 5 rings (SSSR count). The molecule has 4 heterocycles. The molecule has 32 heavy (non-hydrogen) atoms. The first-order chi connectivity index (χ1) is 15.5. The summed E-state index contributed by atoms with van der Waals surface area (Å²) >= 11 is 5.75. The van der Waals surface area contributed by atoms with Crippen molar-refractivity contribution in [1.29, 1.82) is 0 Å². The minimum Gasteiger partial charge on any atom is -0.467 e. The normalized spacial score (nSPS) is 18.2. The molecule has 1 aliphatic heterocycles. The van der Waals surface area contributed by atoms with Gasteiger partial charge < -0.3 is 19.2 Å². The van der Waals surface area contributed by atoms with E-state index in [1.54, 1.807) is 24.6 Å². The van der Waals surface area contributed by atoms with Gasteiger partial charge in [0, 0.05) is 23.3 Å². The van der Waals surface area contributed by atoms with Crippen LogP contribution in [0.5, 0.6) is 0 Å². The van der Waals surface area contributed by atoms with Crippen LogP contribution in [0, 0.1) is 19.7 Å². The number of thiocarbonyl (C=S) groups is 1. The molecule has 0 bridgehead atoms. The van der Waals surface area contributed by atoms with Crippen LogP contribution in [-0.2, 0) is 6.54 Å². The summed E-state index contributed by atoms with van der Waals surface area (Å²) in [5, 5.41) is 4.12. The lowest BCUT2D eigenvalue weighted by molar-refractivity contribution is 0.286. The van der Waals surface area contributed by atoms with Crippen LogP contribution < -0.4 is 5.32 Å². The van der Waals surface area contributed by atoms with Crippen molar-refractivity contribution < 1.29 is 8.81 Å². The highest BCUT2D eigenvalue weighted by Crippen LogP contribution is 2.42. The van der Waals surface area contributed by atoms with Crippen LogP contribution >= 0.6 is 12.2 Å². The molecule has 0 saturated carbocycles. The fourth-order valence-corrected chi connectivity index (χ4v) is 4.89. The summed E-state index contributed by atoms with van der Waals surface area (Å²) in [5.41, 5.74) is 4.89. The maximum Gasteiger partial charge on any atom is 0.170 e. The Labute approximate surface area is 191 Å². The van der Waals surface area contributed by atoms with Crippen molar-refractivity contribution in [1.82, 2.24) is 19.8 Å². The fraction of sp³-hybridized carbons (Fsp3) is 0.200. The van der Waals surface area contributed by atoms with Gasteiger partial charge in [0.15, 0.2) is 5.11 Å². The summed E-state index contributed by atoms with van der Waals surface area (Å²) in [6.45, 7) is 4.64. The first-order valence-electron chi connectivity index (χ1n) is 10.5. The van der Waals surface area contributed by atoms with Gasteiger partial charge in [0.1, 0.15) is 11.6 Å². The number of nitrogens with one attached hydrogen (secondary N) is 1. The lowest BCUT2D eigenvalue weighted by Crippen LogP contribution is -2.29. The highest BCUT2D eigenvalue weighted by atomic mass is 32.1. The van der Waals surface area contributed by atoms with Crippen molar-refractivity contribution >= 4 is 17.3 Å². The van der Waals surface area contributed by atoms with Gasteiger partial charge in [-0.1, -0.05) is 12.1 Å². The largest absolute Gasteiger partial charge is 0.467 e. The average Bonchev–Trinajstić information content (AvgIpc) is 3.48. The summed E-state index contributed by atoms with van der Waals surface area (Å²) < 4.78 is 21.7. The first kappa shape index (κ1) is 20.5. The van der Waals surface area contributed by atoms with Crippen molar-refractivity contribution in [2.24, 2.45) is 0 Å². The zero-order valence-electron chi connectivity index (χ0n) is 17.8. The molecular weight excluding hydrogens is 423 g/mol. The van der Waals surface area contributed by atoms with E-state index in [2.05, 4.69) is 32.8 Å². The van der Waals surface area contributed by atoms with Crippen LogP contribution in [0.2, 0.25) is 0 Å². The predicted octanol–water partition coefficient (Wildman–Crippen LogP) is 5.39. The second-order valence-corrected chi connectivity index (χ2v) is 8.36. The number of nitrogens with zero attached hydrogens (tertiary/aromatic N) is 3.